The molecule has 8 nitrogen and oxygen atoms in total. The number of nitrogens with one attached hydrogen (secondary N) is 2. The van der Waals surface area contributed by atoms with Crippen molar-refractivity contribution in [3.63, 3.8) is 0 Å². The number of aromatic carboxylic acids is 2. The summed E-state index contributed by atoms with van der Waals surface area (Å²) in [5.41, 5.74) is 4.51. The molecule has 0 unspecified atom stereocenters. The molecule has 4 aromatic rings. The van der Waals surface area contributed by atoms with E-state index in [1.165, 1.54) is 12.1 Å². The summed E-state index contributed by atoms with van der Waals surface area (Å²) in [4.78, 5) is 22.0. The monoisotopic (exact) mass is 614 g/mol. The van der Waals surface area contributed by atoms with Crippen molar-refractivity contribution in [1.82, 2.24) is 0 Å². The first-order chi connectivity index (χ1) is 17.2. The number of carboxylic acids is 2. The fourth-order valence-electron chi connectivity index (χ4n) is 3.32. The molecule has 0 aliphatic heterocycles. The van der Waals surface area contributed by atoms with Crippen LogP contribution in [0.4, 0.5) is 22.7 Å². The Bertz CT molecular complexity index is 1310. The second kappa shape index (κ2) is 16.4. The summed E-state index contributed by atoms with van der Waals surface area (Å²) in [5, 5.41) is 29.3. The average molecular weight is 616 g/mol. The molecule has 39 heavy (non-hydrogen) atoms. The van der Waals surface area contributed by atoms with Crippen molar-refractivity contribution in [2.45, 2.75) is 13.8 Å². The van der Waals surface area contributed by atoms with E-state index in [-0.39, 0.29) is 38.6 Å². The summed E-state index contributed by atoms with van der Waals surface area (Å²) in [7, 11) is 0. The van der Waals surface area contributed by atoms with E-state index in [1.807, 2.05) is 26.0 Å². The zero-order valence-electron chi connectivity index (χ0n) is 20.8. The second-order valence-corrected chi connectivity index (χ2v) is 8.56. The molecule has 11 heteroatoms. The molecule has 0 aromatic heterocycles. The molecule has 0 atom stereocenters. The quantitative estimate of drug-likeness (QED) is 0.312. The number of halogens is 2. The molecule has 4 aromatic carbocycles. The first-order valence-corrected chi connectivity index (χ1v) is 11.6. The first-order valence-electron chi connectivity index (χ1n) is 10.8. The normalized spacial score (nSPS) is 9.33. The Morgan fingerprint density at radius 1 is 0.564 bits per heavy atom. The Labute approximate surface area is 246 Å². The zero-order valence-corrected chi connectivity index (χ0v) is 23.3. The third-order valence-corrected chi connectivity index (χ3v) is 6.19. The first kappa shape index (κ1) is 35.4. The van der Waals surface area contributed by atoms with E-state index >= 15 is 0 Å². The fourth-order valence-corrected chi connectivity index (χ4v) is 3.67. The van der Waals surface area contributed by atoms with Gasteiger partial charge in [0, 0.05) is 43.9 Å². The maximum atomic E-state index is 11.0. The van der Waals surface area contributed by atoms with Gasteiger partial charge in [-0.2, -0.15) is 0 Å². The predicted octanol–water partition coefficient (Wildman–Crippen LogP) is 3.86. The van der Waals surface area contributed by atoms with Crippen molar-refractivity contribution >= 4 is 57.9 Å². The van der Waals surface area contributed by atoms with E-state index in [9.17, 15) is 19.8 Å². The van der Waals surface area contributed by atoms with Gasteiger partial charge in [0.25, 0.3) is 0 Å². The number of carbonyl (C=O) groups is 2. The Hall–Kier alpha value is -3.59. The van der Waals surface area contributed by atoms with Crippen molar-refractivity contribution in [1.29, 1.82) is 0 Å². The Morgan fingerprint density at radius 3 is 1.21 bits per heavy atom. The van der Waals surface area contributed by atoms with E-state index in [0.717, 1.165) is 22.5 Å². The van der Waals surface area contributed by atoms with Crippen molar-refractivity contribution in [2.24, 2.45) is 0 Å². The third kappa shape index (κ3) is 9.28. The van der Waals surface area contributed by atoms with Gasteiger partial charge in [0.05, 0.1) is 11.9 Å². The predicted molar refractivity (Wildman–Crippen MR) is 148 cm³/mol. The molecule has 0 bridgehead atoms. The van der Waals surface area contributed by atoms with Crippen LogP contribution in [-0.2, 0) is 16.5 Å². The van der Waals surface area contributed by atoms with Crippen LogP contribution in [0.1, 0.15) is 31.8 Å². The molecule has 0 saturated heterocycles. The van der Waals surface area contributed by atoms with Crippen LogP contribution in [0, 0.1) is 13.8 Å². The van der Waals surface area contributed by atoms with Crippen LogP contribution >= 0.6 is 23.2 Å². The number of para-hydroxylation sites is 2. The summed E-state index contributed by atoms with van der Waals surface area (Å²) in [6.45, 7) is 3.73. The Kier molecular flexibility index (Phi) is 14.9. The van der Waals surface area contributed by atoms with Crippen molar-refractivity contribution in [3.05, 3.63) is 117 Å². The maximum Gasteiger partial charge on any atom is 2.00 e. The molecule has 0 heterocycles. The molecular weight excluding hydrogens is 590 g/mol. The van der Waals surface area contributed by atoms with Crippen molar-refractivity contribution < 1.29 is 47.2 Å². The van der Waals surface area contributed by atoms with Gasteiger partial charge in [0.1, 0.15) is 0 Å². The molecule has 0 radical (unpaired) electrons. The van der Waals surface area contributed by atoms with E-state index in [4.69, 9.17) is 23.2 Å². The summed E-state index contributed by atoms with van der Waals surface area (Å²) < 4.78 is 0. The van der Waals surface area contributed by atoms with Gasteiger partial charge < -0.3 is 41.4 Å². The summed E-state index contributed by atoms with van der Waals surface area (Å²) in [6, 6.07) is 24.1. The number of anilines is 4. The average Bonchev–Trinajstić information content (AvgIpc) is 2.86. The molecule has 0 aliphatic rings. The minimum absolute atomic E-state index is 0. The van der Waals surface area contributed by atoms with Gasteiger partial charge >= 0.3 is 16.5 Å². The number of carbonyl (C=O) groups excluding carboxylic acids is 2. The van der Waals surface area contributed by atoms with Crippen LogP contribution < -0.4 is 20.8 Å². The van der Waals surface area contributed by atoms with Gasteiger partial charge in [-0.1, -0.05) is 71.7 Å². The molecule has 0 amide bonds. The molecule has 0 fully saturated rings. The fraction of sp³-hybridized carbons (Fsp3) is 0.0714. The van der Waals surface area contributed by atoms with Crippen molar-refractivity contribution in [3.8, 4) is 0 Å². The van der Waals surface area contributed by atoms with Gasteiger partial charge in [0.2, 0.25) is 0 Å². The van der Waals surface area contributed by atoms with E-state index in [0.29, 0.717) is 21.4 Å². The number of carboxylic acid groups (broad SMARTS) is 2. The standard InChI is InChI=1S/2C14H12ClNO2.Ni.2H2O/c2*1-9-11(15)6-4-8-12(9)16-13-7-3-2-5-10(13)14(17)18;;;/h2*2-8,16H,1H3,(H,17,18);;2*1H2/q;;+2;;/p-2. The van der Waals surface area contributed by atoms with Crippen LogP contribution in [0.25, 0.3) is 0 Å². The zero-order chi connectivity index (χ0) is 26.2. The number of rotatable bonds is 6. The smallest absolute Gasteiger partial charge is 0.545 e. The largest absolute Gasteiger partial charge is 2.00 e. The van der Waals surface area contributed by atoms with Crippen molar-refractivity contribution in [2.75, 3.05) is 10.6 Å². The summed E-state index contributed by atoms with van der Waals surface area (Å²) >= 11 is 12.0. The Balaban J connectivity index is 0.000000688. The van der Waals surface area contributed by atoms with Crippen LogP contribution in [-0.4, -0.2) is 22.9 Å². The molecule has 0 spiro atoms. The number of hydrogen-bond donors (Lipinski definition) is 2. The Morgan fingerprint density at radius 2 is 0.872 bits per heavy atom. The van der Waals surface area contributed by atoms with E-state index in [1.54, 1.807) is 60.7 Å². The van der Waals surface area contributed by atoms with Crippen LogP contribution in [0.15, 0.2) is 84.9 Å². The minimum Gasteiger partial charge on any atom is -0.545 e. The molecule has 0 saturated carbocycles. The van der Waals surface area contributed by atoms with E-state index < -0.39 is 11.9 Å². The third-order valence-electron chi connectivity index (χ3n) is 5.37. The molecular formula is C28H26Cl2N2NiO6. The topological polar surface area (TPSA) is 167 Å². The van der Waals surface area contributed by atoms with E-state index in [2.05, 4.69) is 10.6 Å². The molecule has 4 rings (SSSR count). The number of benzene rings is 4. The maximum absolute atomic E-state index is 11.0. The molecule has 208 valence electrons. The molecule has 0 aliphatic carbocycles. The molecule has 6 N–H and O–H groups in total. The van der Waals surface area contributed by atoms with Gasteiger partial charge in [-0.3, -0.25) is 0 Å². The number of hydrogen-bond acceptors (Lipinski definition) is 6. The summed E-state index contributed by atoms with van der Waals surface area (Å²) in [5.74, 6) is -2.42. The van der Waals surface area contributed by atoms with Gasteiger partial charge in [-0.25, -0.2) is 0 Å². The van der Waals surface area contributed by atoms with Gasteiger partial charge in [-0.05, 0) is 61.4 Å². The SMILES string of the molecule is Cc1c(Cl)cccc1Nc1ccccc1C(=O)[O-].Cc1c(Cl)cccc1Nc1ccccc1C(=O)[O-].O.O.[Ni+2]. The van der Waals surface area contributed by atoms with Gasteiger partial charge in [-0.15, -0.1) is 0 Å². The summed E-state index contributed by atoms with van der Waals surface area (Å²) in [6.07, 6.45) is 0. The van der Waals surface area contributed by atoms with Gasteiger partial charge in [0.15, 0.2) is 0 Å². The minimum atomic E-state index is -1.21. The van der Waals surface area contributed by atoms with Crippen LogP contribution in [0.5, 0.6) is 0 Å². The van der Waals surface area contributed by atoms with Crippen LogP contribution in [0.3, 0.4) is 0 Å². The van der Waals surface area contributed by atoms with Crippen LogP contribution in [0.2, 0.25) is 10.0 Å². The second-order valence-electron chi connectivity index (χ2n) is 7.74.